The Morgan fingerprint density at radius 2 is 1.57 bits per heavy atom. The van der Waals surface area contributed by atoms with Crippen molar-refractivity contribution in [3.63, 3.8) is 0 Å². The first-order valence-corrected chi connectivity index (χ1v) is 22.5. The predicted octanol–water partition coefficient (Wildman–Crippen LogP) is 8.03. The second kappa shape index (κ2) is 28.8. The Hall–Kier alpha value is -5.61. The van der Waals surface area contributed by atoms with E-state index in [4.69, 9.17) is 33.3 Å². The van der Waals surface area contributed by atoms with Crippen molar-refractivity contribution in [3.8, 4) is 17.6 Å². The van der Waals surface area contributed by atoms with Gasteiger partial charge in [-0.15, -0.1) is 0 Å². The summed E-state index contributed by atoms with van der Waals surface area (Å²) >= 11 is 0. The minimum absolute atomic E-state index is 0. The molecule has 1 aliphatic heterocycles. The molecule has 3 heterocycles. The number of H-pyrrole nitrogens is 1. The van der Waals surface area contributed by atoms with E-state index in [0.29, 0.717) is 11.5 Å². The van der Waals surface area contributed by atoms with Gasteiger partial charge in [-0.05, 0) is 41.0 Å². The Balaban J connectivity index is 0.00000171. The van der Waals surface area contributed by atoms with Crippen molar-refractivity contribution >= 4 is 44.3 Å². The zero-order chi connectivity index (χ0) is 49.7. The number of hydrogen-bond acceptors (Lipinski definition) is 13. The van der Waals surface area contributed by atoms with Crippen LogP contribution in [0.1, 0.15) is 62.4 Å². The van der Waals surface area contributed by atoms with Gasteiger partial charge in [0.1, 0.15) is 29.4 Å². The van der Waals surface area contributed by atoms with E-state index >= 15 is 0 Å². The number of hydrogen-bond donors (Lipinski definition) is 3. The molecular weight excluding hydrogens is 965 g/mol. The van der Waals surface area contributed by atoms with Crippen LogP contribution in [0.2, 0.25) is 0 Å². The second-order valence-electron chi connectivity index (χ2n) is 14.9. The smallest absolute Gasteiger partial charge is 0.497 e. The third kappa shape index (κ3) is 16.0. The second-order valence-corrected chi connectivity index (χ2v) is 15.6. The molecule has 3 aromatic carbocycles. The van der Waals surface area contributed by atoms with Crippen molar-refractivity contribution in [2.45, 2.75) is 69.7 Å². The van der Waals surface area contributed by atoms with Crippen LogP contribution in [-0.4, -0.2) is 110 Å². The van der Waals surface area contributed by atoms with Gasteiger partial charge in [-0.3, -0.25) is 19.1 Å². The Labute approximate surface area is 412 Å². The van der Waals surface area contributed by atoms with Crippen molar-refractivity contribution in [2.75, 3.05) is 59.9 Å². The summed E-state index contributed by atoms with van der Waals surface area (Å²) in [4.78, 5) is 42.4. The maximum atomic E-state index is 13.4. The first kappa shape index (κ1) is 57.7. The number of alkyl halides is 3. The van der Waals surface area contributed by atoms with Crippen LogP contribution >= 0.6 is 9.03 Å². The van der Waals surface area contributed by atoms with Gasteiger partial charge >= 0.3 is 28.6 Å². The minimum atomic E-state index is -5.07. The topological polar surface area (TPSA) is 199 Å². The molecule has 0 spiro atoms. The number of amides is 1. The molecule has 0 bridgehead atoms. The maximum Gasteiger partial charge on any atom is 2.00 e. The van der Waals surface area contributed by atoms with Crippen LogP contribution in [0, 0.1) is 25.2 Å². The Kier molecular flexibility index (Phi) is 24.1. The van der Waals surface area contributed by atoms with Crippen molar-refractivity contribution in [3.05, 3.63) is 120 Å². The number of benzene rings is 3. The largest absolute Gasteiger partial charge is 2.00 e. The number of nitriles is 1. The Morgan fingerprint density at radius 3 is 2.10 bits per heavy atom. The summed E-state index contributed by atoms with van der Waals surface area (Å²) in [5.41, 5.74) is 0.390. The molecule has 0 aliphatic carbocycles. The van der Waals surface area contributed by atoms with Gasteiger partial charge in [0.05, 0.1) is 52.4 Å². The molecule has 22 heteroatoms. The fraction of sp³-hybridized carbons (Fsp3) is 0.404. The standard InChI is InChI=1S/C41H45F3N9O8P.2C3H7.Ni/c1-52(2)25-48-38-50-35-34(36(54)51-38)49-39(47-21-20-46-37(55)41(42,43)44)53(35)33-23-31(61-62-59-22-8-19-45)32(60-33)24-58-40(26-9-6-5-7-10-26,27-11-15-29(56-3)16-12-27)28-13-17-30(57-4)18-14-28;2*1-3-2;/h5-7,9-18,25,31-33,62H,8,20-24H2,1-4H3,(H,46,55)(H,47,49)(H,50,51,54);2*1,3H2,2H3;/q;2*-1;+2/b48-25+;;;/t31?,32-,33-;;;/m1.../s1. The number of carbonyl (C=O) groups excluding carboxylic acids is 1. The number of nitrogens with zero attached hydrogens (tertiary/aromatic N) is 6. The third-order valence-electron chi connectivity index (χ3n) is 9.58. The average Bonchev–Trinajstić information content (AvgIpc) is 3.91. The third-order valence-corrected chi connectivity index (χ3v) is 10.3. The van der Waals surface area contributed by atoms with Gasteiger partial charge in [-0.2, -0.15) is 36.3 Å². The number of methoxy groups -OCH3 is 2. The summed E-state index contributed by atoms with van der Waals surface area (Å²) in [6.45, 7) is 10.4. The average molecular weight is 1020 g/mol. The van der Waals surface area contributed by atoms with Crippen LogP contribution in [-0.2, 0) is 45.4 Å². The zero-order valence-corrected chi connectivity index (χ0v) is 41.3. The van der Waals surface area contributed by atoms with E-state index in [1.807, 2.05) is 104 Å². The van der Waals surface area contributed by atoms with E-state index in [1.54, 1.807) is 33.2 Å². The molecule has 2 unspecified atom stereocenters. The van der Waals surface area contributed by atoms with Gasteiger partial charge in [-0.1, -0.05) is 68.4 Å². The Bertz CT molecular complexity index is 2390. The summed E-state index contributed by atoms with van der Waals surface area (Å²) in [6.07, 6.45) is -3.86. The van der Waals surface area contributed by atoms with Gasteiger partial charge in [0.15, 0.2) is 20.2 Å². The monoisotopic (exact) mass is 1020 g/mol. The van der Waals surface area contributed by atoms with Gasteiger partial charge in [0.2, 0.25) is 11.9 Å². The van der Waals surface area contributed by atoms with E-state index in [2.05, 4.69) is 39.1 Å². The van der Waals surface area contributed by atoms with Crippen molar-refractivity contribution in [1.82, 2.24) is 29.7 Å². The number of imidazole rings is 1. The molecule has 1 fully saturated rings. The van der Waals surface area contributed by atoms with E-state index < -0.39 is 57.3 Å². The summed E-state index contributed by atoms with van der Waals surface area (Å²) in [5, 5.41) is 13.8. The summed E-state index contributed by atoms with van der Waals surface area (Å²) in [5.74, 6) is -0.862. The van der Waals surface area contributed by atoms with Crippen LogP contribution in [0.25, 0.3) is 11.2 Å². The molecule has 0 radical (unpaired) electrons. The number of ether oxygens (including phenoxy) is 4. The molecule has 1 saturated heterocycles. The summed E-state index contributed by atoms with van der Waals surface area (Å²) < 4.78 is 77.1. The summed E-state index contributed by atoms with van der Waals surface area (Å²) in [7, 11) is 6.14. The first-order chi connectivity index (χ1) is 32.7. The fourth-order valence-corrected chi connectivity index (χ4v) is 7.32. The van der Waals surface area contributed by atoms with E-state index in [9.17, 15) is 22.8 Å². The van der Waals surface area contributed by atoms with Crippen LogP contribution in [0.15, 0.2) is 88.6 Å². The van der Waals surface area contributed by atoms with E-state index in [0.717, 1.165) is 29.5 Å². The molecule has 0 saturated carbocycles. The number of aliphatic imine (C=N–C) groups is 1. The van der Waals surface area contributed by atoms with Gasteiger partial charge in [-0.25, -0.2) is 9.98 Å². The van der Waals surface area contributed by atoms with Crippen LogP contribution in [0.5, 0.6) is 11.5 Å². The van der Waals surface area contributed by atoms with Crippen molar-refractivity contribution in [2.24, 2.45) is 4.99 Å². The Morgan fingerprint density at radius 1 is 0.986 bits per heavy atom. The number of nitrogens with one attached hydrogen (secondary N) is 3. The summed E-state index contributed by atoms with van der Waals surface area (Å²) in [6, 6.07) is 26.7. The molecule has 3 N–H and O–H groups in total. The SMILES string of the molecule is COc1ccc(C(OC[C@H]2O[C@@H](n3c(NCCNC(=O)C(F)(F)F)nc4c(=O)[nH]c(/N=C/N(C)C)nc43)CC2OPOCCC#N)(c2ccccc2)c2ccc(OC)cc2)cc1.[CH2-]CC.[CH2-]CC.[Ni+2]. The number of halogens is 3. The van der Waals surface area contributed by atoms with Gasteiger partial charge in [0, 0.05) is 33.6 Å². The normalized spacial score (nSPS) is 15.7. The number of aromatic amines is 1. The molecule has 1 amide bonds. The molecule has 4 atom stereocenters. The van der Waals surface area contributed by atoms with E-state index in [1.165, 1.54) is 10.9 Å². The quantitative estimate of drug-likeness (QED) is 0.0129. The van der Waals surface area contributed by atoms with Crippen molar-refractivity contribution in [1.29, 1.82) is 5.26 Å². The molecular formula is C47H59F3N9NiO8P. The molecule has 1 aliphatic rings. The predicted molar refractivity (Wildman–Crippen MR) is 255 cm³/mol. The van der Waals surface area contributed by atoms with Crippen molar-refractivity contribution < 1.29 is 62.5 Å². The number of aromatic nitrogens is 4. The number of fused-ring (bicyclic) bond motifs is 1. The van der Waals surface area contributed by atoms with Gasteiger partial charge in [0.25, 0.3) is 5.56 Å². The first-order valence-electron chi connectivity index (χ1n) is 21.6. The molecule has 2 aromatic heterocycles. The zero-order valence-electron chi connectivity index (χ0n) is 39.3. The van der Waals surface area contributed by atoms with Crippen LogP contribution in [0.3, 0.4) is 0 Å². The van der Waals surface area contributed by atoms with Crippen LogP contribution < -0.4 is 25.7 Å². The number of anilines is 1. The van der Waals surface area contributed by atoms with Gasteiger partial charge < -0.3 is 57.4 Å². The van der Waals surface area contributed by atoms with E-state index in [-0.39, 0.29) is 72.2 Å². The van der Waals surface area contributed by atoms with Crippen LogP contribution in [0.4, 0.5) is 25.1 Å². The molecule has 376 valence electrons. The molecule has 5 aromatic rings. The molecule has 6 rings (SSSR count). The minimum Gasteiger partial charge on any atom is -0.497 e. The maximum absolute atomic E-state index is 13.4. The fourth-order valence-electron chi connectivity index (χ4n) is 6.70. The number of carbonyl (C=O) groups is 1. The molecule has 17 nitrogen and oxygen atoms in total. The number of rotatable bonds is 20. The molecule has 69 heavy (non-hydrogen) atoms.